The maximum Gasteiger partial charge on any atom is 0.218 e. The number of benzene rings is 1. The van der Waals surface area contributed by atoms with E-state index in [2.05, 4.69) is 81.4 Å². The zero-order valence-electron chi connectivity index (χ0n) is 15.4. The van der Waals surface area contributed by atoms with Crippen LogP contribution >= 0.6 is 11.3 Å². The highest BCUT2D eigenvalue weighted by atomic mass is 32.1. The van der Waals surface area contributed by atoms with Crippen LogP contribution in [0.2, 0.25) is 0 Å². The van der Waals surface area contributed by atoms with Crippen molar-refractivity contribution in [3.8, 4) is 5.13 Å². The highest BCUT2D eigenvalue weighted by Crippen LogP contribution is 2.28. The zero-order chi connectivity index (χ0) is 17.9. The maximum absolute atomic E-state index is 4.44. The molecular weight excluding hydrogens is 342 g/mol. The summed E-state index contributed by atoms with van der Waals surface area (Å²) in [5, 5.41) is 14.3. The van der Waals surface area contributed by atoms with E-state index in [1.54, 1.807) is 11.3 Å². The minimum absolute atomic E-state index is 0.756. The van der Waals surface area contributed by atoms with Gasteiger partial charge in [-0.15, -0.1) is 10.2 Å². The molecule has 136 valence electrons. The Kier molecular flexibility index (Phi) is 4.93. The molecule has 26 heavy (non-hydrogen) atoms. The number of piperidine rings is 1. The second kappa shape index (κ2) is 7.50. The summed E-state index contributed by atoms with van der Waals surface area (Å²) >= 11 is 1.68. The van der Waals surface area contributed by atoms with Crippen molar-refractivity contribution in [3.05, 3.63) is 53.9 Å². The summed E-state index contributed by atoms with van der Waals surface area (Å²) in [6.45, 7) is 7.36. The molecule has 0 atom stereocenters. The summed E-state index contributed by atoms with van der Waals surface area (Å²) in [4.78, 5) is 2.37. The van der Waals surface area contributed by atoms with Crippen LogP contribution in [0.5, 0.6) is 0 Å². The van der Waals surface area contributed by atoms with Crippen LogP contribution in [0, 0.1) is 12.8 Å². The lowest BCUT2D eigenvalue weighted by Crippen LogP contribution is -2.32. The van der Waals surface area contributed by atoms with Crippen molar-refractivity contribution in [3.63, 3.8) is 0 Å². The first-order valence-corrected chi connectivity index (χ1v) is 10.1. The van der Waals surface area contributed by atoms with E-state index in [4.69, 9.17) is 0 Å². The van der Waals surface area contributed by atoms with Crippen LogP contribution < -0.4 is 10.2 Å². The Morgan fingerprint density at radius 2 is 1.81 bits per heavy atom. The zero-order valence-corrected chi connectivity index (χ0v) is 16.2. The van der Waals surface area contributed by atoms with Gasteiger partial charge >= 0.3 is 0 Å². The van der Waals surface area contributed by atoms with E-state index in [-0.39, 0.29) is 0 Å². The molecule has 0 aliphatic carbocycles. The number of aryl methyl sites for hydroxylation is 1. The number of nitrogens with zero attached hydrogens (tertiary/aromatic N) is 4. The van der Waals surface area contributed by atoms with Crippen LogP contribution in [-0.2, 0) is 6.54 Å². The van der Waals surface area contributed by atoms with Crippen LogP contribution in [0.1, 0.15) is 31.0 Å². The van der Waals surface area contributed by atoms with Crippen LogP contribution in [-0.4, -0.2) is 27.9 Å². The third-order valence-electron chi connectivity index (χ3n) is 5.02. The molecule has 3 aromatic rings. The van der Waals surface area contributed by atoms with Crippen molar-refractivity contribution in [2.45, 2.75) is 33.2 Å². The van der Waals surface area contributed by atoms with Gasteiger partial charge in [-0.1, -0.05) is 36.0 Å². The van der Waals surface area contributed by atoms with Crippen molar-refractivity contribution in [1.82, 2.24) is 14.8 Å². The predicted octanol–water partition coefficient (Wildman–Crippen LogP) is 4.49. The summed E-state index contributed by atoms with van der Waals surface area (Å²) in [5.41, 5.74) is 3.58. The van der Waals surface area contributed by atoms with Gasteiger partial charge in [0.2, 0.25) is 10.3 Å². The van der Waals surface area contributed by atoms with E-state index in [9.17, 15) is 0 Å². The fourth-order valence-electron chi connectivity index (χ4n) is 3.24. The molecule has 0 saturated carbocycles. The lowest BCUT2D eigenvalue weighted by atomic mass is 10.00. The molecule has 0 radical (unpaired) electrons. The highest BCUT2D eigenvalue weighted by molar-refractivity contribution is 7.17. The molecule has 1 fully saturated rings. The van der Waals surface area contributed by atoms with Gasteiger partial charge in [0, 0.05) is 30.7 Å². The number of hydrogen-bond acceptors (Lipinski definition) is 5. The first kappa shape index (κ1) is 17.1. The lowest BCUT2D eigenvalue weighted by Gasteiger charge is -2.29. The first-order valence-electron chi connectivity index (χ1n) is 9.24. The molecule has 0 amide bonds. The number of anilines is 2. The fraction of sp³-hybridized carbons (Fsp3) is 0.400. The normalized spacial score (nSPS) is 15.4. The first-order chi connectivity index (χ1) is 12.7. The van der Waals surface area contributed by atoms with E-state index >= 15 is 0 Å². The molecule has 0 spiro atoms. The molecule has 1 N–H and O–H groups in total. The number of rotatable bonds is 5. The van der Waals surface area contributed by atoms with E-state index in [0.717, 1.165) is 41.5 Å². The Bertz CT molecular complexity index is 843. The molecule has 5 nitrogen and oxygen atoms in total. The van der Waals surface area contributed by atoms with Crippen LogP contribution in [0.25, 0.3) is 5.13 Å². The SMILES string of the molecule is Cc1ccc(NCc2cccn2-c2nnc(N3CCC(C)CC3)s2)cc1. The molecule has 1 saturated heterocycles. The van der Waals surface area contributed by atoms with Crippen molar-refractivity contribution < 1.29 is 0 Å². The Morgan fingerprint density at radius 1 is 1.08 bits per heavy atom. The summed E-state index contributed by atoms with van der Waals surface area (Å²) in [7, 11) is 0. The maximum atomic E-state index is 4.44. The predicted molar refractivity (Wildman–Crippen MR) is 108 cm³/mol. The van der Waals surface area contributed by atoms with E-state index < -0.39 is 0 Å². The van der Waals surface area contributed by atoms with E-state index in [1.165, 1.54) is 24.1 Å². The number of nitrogens with one attached hydrogen (secondary N) is 1. The van der Waals surface area contributed by atoms with Gasteiger partial charge in [-0.05, 0) is 49.9 Å². The third kappa shape index (κ3) is 3.75. The quantitative estimate of drug-likeness (QED) is 0.722. The van der Waals surface area contributed by atoms with Gasteiger partial charge < -0.3 is 10.2 Å². The minimum Gasteiger partial charge on any atom is -0.379 e. The van der Waals surface area contributed by atoms with Gasteiger partial charge in [0.25, 0.3) is 0 Å². The van der Waals surface area contributed by atoms with Crippen LogP contribution in [0.3, 0.4) is 0 Å². The van der Waals surface area contributed by atoms with Crippen molar-refractivity contribution in [1.29, 1.82) is 0 Å². The molecule has 1 aliphatic heterocycles. The van der Waals surface area contributed by atoms with Crippen LogP contribution in [0.4, 0.5) is 10.8 Å². The van der Waals surface area contributed by atoms with Gasteiger partial charge in [0.15, 0.2) is 0 Å². The Balaban J connectivity index is 1.45. The second-order valence-electron chi connectivity index (χ2n) is 7.13. The van der Waals surface area contributed by atoms with E-state index in [0.29, 0.717) is 0 Å². The summed E-state index contributed by atoms with van der Waals surface area (Å²) in [6.07, 6.45) is 4.54. The lowest BCUT2D eigenvalue weighted by molar-refractivity contribution is 0.437. The largest absolute Gasteiger partial charge is 0.379 e. The van der Waals surface area contributed by atoms with E-state index in [1.807, 2.05) is 0 Å². The van der Waals surface area contributed by atoms with Crippen molar-refractivity contribution in [2.24, 2.45) is 5.92 Å². The highest BCUT2D eigenvalue weighted by Gasteiger charge is 2.20. The van der Waals surface area contributed by atoms with Crippen molar-refractivity contribution in [2.75, 3.05) is 23.3 Å². The fourth-order valence-corrected chi connectivity index (χ4v) is 4.16. The second-order valence-corrected chi connectivity index (χ2v) is 8.06. The molecule has 1 aromatic carbocycles. The summed E-state index contributed by atoms with van der Waals surface area (Å²) in [6, 6.07) is 12.7. The molecule has 0 unspecified atom stereocenters. The molecule has 6 heteroatoms. The number of hydrogen-bond donors (Lipinski definition) is 1. The Hall–Kier alpha value is -2.34. The third-order valence-corrected chi connectivity index (χ3v) is 6.01. The molecule has 4 rings (SSSR count). The summed E-state index contributed by atoms with van der Waals surface area (Å²) in [5.74, 6) is 0.822. The van der Waals surface area contributed by atoms with Gasteiger partial charge in [-0.3, -0.25) is 4.57 Å². The van der Waals surface area contributed by atoms with Gasteiger partial charge in [-0.25, -0.2) is 0 Å². The average molecular weight is 368 g/mol. The number of aromatic nitrogens is 3. The minimum atomic E-state index is 0.756. The molecular formula is C20H25N5S. The molecule has 0 bridgehead atoms. The standard InChI is InChI=1S/C20H25N5S/c1-15-5-7-17(8-6-15)21-14-18-4-3-11-25(18)20-23-22-19(26-20)24-12-9-16(2)10-13-24/h3-8,11,16,21H,9-10,12-14H2,1-2H3. The topological polar surface area (TPSA) is 46.0 Å². The van der Waals surface area contributed by atoms with Crippen molar-refractivity contribution >= 4 is 22.2 Å². The monoisotopic (exact) mass is 367 g/mol. The Morgan fingerprint density at radius 3 is 2.58 bits per heavy atom. The smallest absolute Gasteiger partial charge is 0.218 e. The van der Waals surface area contributed by atoms with Gasteiger partial charge in [-0.2, -0.15) is 0 Å². The molecule has 2 aromatic heterocycles. The molecule has 3 heterocycles. The van der Waals surface area contributed by atoms with Gasteiger partial charge in [0.1, 0.15) is 0 Å². The molecule has 1 aliphatic rings. The average Bonchev–Trinajstić information content (AvgIpc) is 3.31. The van der Waals surface area contributed by atoms with Crippen LogP contribution in [0.15, 0.2) is 42.6 Å². The summed E-state index contributed by atoms with van der Waals surface area (Å²) < 4.78 is 2.13. The Labute approximate surface area is 158 Å². The van der Waals surface area contributed by atoms with Gasteiger partial charge in [0.05, 0.1) is 6.54 Å².